The van der Waals surface area contributed by atoms with Gasteiger partial charge in [0.2, 0.25) is 5.91 Å². The number of ether oxygens (including phenoxy) is 2. The van der Waals surface area contributed by atoms with Crippen LogP contribution >= 0.6 is 11.8 Å². The molecule has 0 radical (unpaired) electrons. The number of carbonyl (C=O) groups excluding carboxylic acids is 3. The molecule has 15 heteroatoms. The number of alkyl halides is 3. The zero-order valence-corrected chi connectivity index (χ0v) is 26.0. The van der Waals surface area contributed by atoms with Gasteiger partial charge < -0.3 is 14.8 Å². The second-order valence-corrected chi connectivity index (χ2v) is 11.2. The molecule has 0 saturated carbocycles. The standard InChI is InChI=1S/C32H29F3N6O5S/c1-3-21-6-4-5-7-26(21)41-27(42)18-47-31(41)38-30(44)37-25(29(43)45-2)17-10-20-8-11-22(12-9-20)28-36-19-40(39-28)23-13-15-24(16-14-23)46-32(33,34)35/h4-9,11-16,19,25H,3,10,17-18H2,1-2H3,(H,37,44)/b38-31-. The van der Waals surface area contributed by atoms with E-state index < -0.39 is 24.4 Å². The first kappa shape index (κ1) is 33.2. The Kier molecular flexibility index (Phi) is 10.2. The van der Waals surface area contributed by atoms with Gasteiger partial charge in [-0.2, -0.15) is 4.99 Å². The summed E-state index contributed by atoms with van der Waals surface area (Å²) in [5, 5.41) is 7.25. The molecule has 1 aliphatic rings. The summed E-state index contributed by atoms with van der Waals surface area (Å²) in [6, 6.07) is 18.1. The Hall–Kier alpha value is -5.18. The lowest BCUT2D eigenvalue weighted by Crippen LogP contribution is -2.41. The number of thioether (sulfide) groups is 1. The average molecular weight is 667 g/mol. The van der Waals surface area contributed by atoms with Crippen LogP contribution in [0.15, 0.2) is 84.1 Å². The molecular weight excluding hydrogens is 637 g/mol. The molecule has 0 aliphatic carbocycles. The van der Waals surface area contributed by atoms with Gasteiger partial charge in [0.05, 0.1) is 24.2 Å². The van der Waals surface area contributed by atoms with Gasteiger partial charge >= 0.3 is 18.4 Å². The number of aromatic nitrogens is 3. The number of nitrogens with one attached hydrogen (secondary N) is 1. The fraction of sp³-hybridized carbons (Fsp3) is 0.250. The first-order chi connectivity index (χ1) is 22.5. The van der Waals surface area contributed by atoms with Crippen LogP contribution in [0.1, 0.15) is 24.5 Å². The van der Waals surface area contributed by atoms with E-state index in [0.717, 1.165) is 22.9 Å². The molecule has 1 atom stereocenters. The largest absolute Gasteiger partial charge is 0.573 e. The Morgan fingerprint density at radius 1 is 1.06 bits per heavy atom. The van der Waals surface area contributed by atoms with E-state index >= 15 is 0 Å². The number of amidine groups is 1. The van der Waals surface area contributed by atoms with Crippen LogP contribution in [0.2, 0.25) is 0 Å². The fourth-order valence-electron chi connectivity index (χ4n) is 4.82. The smallest absolute Gasteiger partial charge is 0.467 e. The quantitative estimate of drug-likeness (QED) is 0.213. The molecule has 0 bridgehead atoms. The Bertz CT molecular complexity index is 1780. The SMILES string of the molecule is CCc1ccccc1N1C(=O)CS/C1=N\C(=O)NC(CCc1ccc(-c2ncn(-c3ccc(OC(F)(F)F)cc3)n2)cc1)C(=O)OC. The van der Waals surface area contributed by atoms with Gasteiger partial charge in [0.25, 0.3) is 0 Å². The van der Waals surface area contributed by atoms with E-state index in [1.807, 2.05) is 37.3 Å². The van der Waals surface area contributed by atoms with E-state index in [9.17, 15) is 27.6 Å². The topological polar surface area (TPSA) is 128 Å². The molecule has 1 aromatic heterocycles. The van der Waals surface area contributed by atoms with Gasteiger partial charge in [-0.25, -0.2) is 19.3 Å². The molecule has 3 aromatic carbocycles. The highest BCUT2D eigenvalue weighted by atomic mass is 32.2. The van der Waals surface area contributed by atoms with Crippen LogP contribution in [-0.4, -0.2) is 63.1 Å². The molecule has 47 heavy (non-hydrogen) atoms. The number of halogens is 3. The Balaban J connectivity index is 1.21. The van der Waals surface area contributed by atoms with Crippen molar-refractivity contribution < 1.29 is 37.0 Å². The summed E-state index contributed by atoms with van der Waals surface area (Å²) in [6.07, 6.45) is -2.01. The lowest BCUT2D eigenvalue weighted by atomic mass is 10.0. The van der Waals surface area contributed by atoms with Crippen LogP contribution in [0, 0.1) is 0 Å². The Morgan fingerprint density at radius 2 is 1.79 bits per heavy atom. The minimum absolute atomic E-state index is 0.143. The Morgan fingerprint density at radius 3 is 2.47 bits per heavy atom. The number of esters is 1. The number of nitrogens with zero attached hydrogens (tertiary/aromatic N) is 5. The van der Waals surface area contributed by atoms with Gasteiger partial charge in [-0.3, -0.25) is 9.69 Å². The number of hydrogen-bond donors (Lipinski definition) is 1. The average Bonchev–Trinajstić information content (AvgIpc) is 3.69. The van der Waals surface area contributed by atoms with Crippen LogP contribution in [0.5, 0.6) is 5.75 Å². The van der Waals surface area contributed by atoms with E-state index in [1.165, 1.54) is 47.3 Å². The number of aliphatic imine (C=N–C) groups is 1. The van der Waals surface area contributed by atoms with Crippen molar-refractivity contribution in [3.8, 4) is 22.8 Å². The number of anilines is 1. The van der Waals surface area contributed by atoms with Crippen molar-refractivity contribution >= 4 is 40.5 Å². The molecular formula is C32H29F3N6O5S. The van der Waals surface area contributed by atoms with Crippen molar-refractivity contribution in [2.24, 2.45) is 4.99 Å². The lowest BCUT2D eigenvalue weighted by molar-refractivity contribution is -0.274. The molecule has 1 N–H and O–H groups in total. The van der Waals surface area contributed by atoms with Gasteiger partial charge in [0.15, 0.2) is 11.0 Å². The van der Waals surface area contributed by atoms with Crippen LogP contribution < -0.4 is 15.0 Å². The van der Waals surface area contributed by atoms with Crippen molar-refractivity contribution in [1.29, 1.82) is 0 Å². The zero-order valence-electron chi connectivity index (χ0n) is 25.2. The number of carbonyl (C=O) groups is 3. The third kappa shape index (κ3) is 8.35. The fourth-order valence-corrected chi connectivity index (χ4v) is 5.68. The number of methoxy groups -OCH3 is 1. The van der Waals surface area contributed by atoms with Crippen molar-refractivity contribution in [2.75, 3.05) is 17.8 Å². The first-order valence-corrected chi connectivity index (χ1v) is 15.4. The number of para-hydroxylation sites is 1. The highest BCUT2D eigenvalue weighted by Gasteiger charge is 2.33. The molecule has 1 aliphatic heterocycles. The number of rotatable bonds is 10. The number of amides is 3. The molecule has 4 aromatic rings. The van der Waals surface area contributed by atoms with Gasteiger partial charge in [-0.15, -0.1) is 18.3 Å². The molecule has 1 unspecified atom stereocenters. The van der Waals surface area contributed by atoms with E-state index in [2.05, 4.69) is 25.1 Å². The van der Waals surface area contributed by atoms with Gasteiger partial charge in [0, 0.05) is 5.56 Å². The Labute approximate surface area is 271 Å². The van der Waals surface area contributed by atoms with Gasteiger partial charge in [-0.1, -0.05) is 61.2 Å². The molecule has 1 saturated heterocycles. The van der Waals surface area contributed by atoms with Crippen molar-refractivity contribution in [3.05, 3.63) is 90.3 Å². The van der Waals surface area contributed by atoms with Crippen LogP contribution in [0.25, 0.3) is 17.1 Å². The maximum Gasteiger partial charge on any atom is 0.573 e. The molecule has 11 nitrogen and oxygen atoms in total. The monoisotopic (exact) mass is 666 g/mol. The van der Waals surface area contributed by atoms with E-state index in [-0.39, 0.29) is 29.0 Å². The lowest BCUT2D eigenvalue weighted by Gasteiger charge is -2.20. The van der Waals surface area contributed by atoms with Crippen molar-refractivity contribution in [3.63, 3.8) is 0 Å². The van der Waals surface area contributed by atoms with Crippen LogP contribution in [-0.2, 0) is 27.2 Å². The third-order valence-corrected chi connectivity index (χ3v) is 8.04. The van der Waals surface area contributed by atoms with Crippen LogP contribution in [0.3, 0.4) is 0 Å². The summed E-state index contributed by atoms with van der Waals surface area (Å²) >= 11 is 1.15. The molecule has 244 valence electrons. The van der Waals surface area contributed by atoms with E-state index in [1.54, 1.807) is 18.2 Å². The summed E-state index contributed by atoms with van der Waals surface area (Å²) in [4.78, 5) is 48.0. The van der Waals surface area contributed by atoms with Crippen molar-refractivity contribution in [1.82, 2.24) is 20.1 Å². The minimum atomic E-state index is -4.78. The second-order valence-electron chi connectivity index (χ2n) is 10.2. The molecule has 3 amide bonds. The number of aryl methyl sites for hydroxylation is 2. The third-order valence-electron chi connectivity index (χ3n) is 7.12. The molecule has 5 rings (SSSR count). The molecule has 1 fully saturated rings. The second kappa shape index (κ2) is 14.5. The number of urea groups is 1. The van der Waals surface area contributed by atoms with Crippen LogP contribution in [0.4, 0.5) is 23.7 Å². The molecule has 0 spiro atoms. The first-order valence-electron chi connectivity index (χ1n) is 14.4. The summed E-state index contributed by atoms with van der Waals surface area (Å²) in [6.45, 7) is 1.97. The maximum absolute atomic E-state index is 12.9. The highest BCUT2D eigenvalue weighted by Crippen LogP contribution is 2.30. The number of hydrogen-bond acceptors (Lipinski definition) is 8. The van der Waals surface area contributed by atoms with E-state index in [0.29, 0.717) is 35.6 Å². The predicted octanol–water partition coefficient (Wildman–Crippen LogP) is 5.72. The number of benzene rings is 3. The summed E-state index contributed by atoms with van der Waals surface area (Å²) < 4.78 is 47.5. The van der Waals surface area contributed by atoms with Crippen molar-refractivity contribution in [2.45, 2.75) is 38.6 Å². The normalized spacial score (nSPS) is 14.7. The summed E-state index contributed by atoms with van der Waals surface area (Å²) in [7, 11) is 1.23. The minimum Gasteiger partial charge on any atom is -0.467 e. The molecule has 2 heterocycles. The van der Waals surface area contributed by atoms with Gasteiger partial charge in [-0.05, 0) is 60.7 Å². The van der Waals surface area contributed by atoms with Gasteiger partial charge in [0.1, 0.15) is 18.1 Å². The summed E-state index contributed by atoms with van der Waals surface area (Å²) in [5.74, 6) is -0.629. The van der Waals surface area contributed by atoms with E-state index in [4.69, 9.17) is 4.74 Å². The maximum atomic E-state index is 12.9. The predicted molar refractivity (Wildman–Crippen MR) is 169 cm³/mol. The zero-order chi connectivity index (χ0) is 33.6. The highest BCUT2D eigenvalue weighted by molar-refractivity contribution is 8.15. The summed E-state index contributed by atoms with van der Waals surface area (Å²) in [5.41, 5.74) is 3.65.